The van der Waals surface area contributed by atoms with Gasteiger partial charge in [0.1, 0.15) is 5.75 Å². The number of rotatable bonds is 4. The molecular formula is C14H22N2O. The fourth-order valence-electron chi connectivity index (χ4n) is 2.41. The molecule has 1 N–H and O–H groups in total. The van der Waals surface area contributed by atoms with E-state index < -0.39 is 0 Å². The predicted octanol–water partition coefficient (Wildman–Crippen LogP) is 2.05. The molecule has 3 heteroatoms. The minimum Gasteiger partial charge on any atom is -0.497 e. The predicted molar refractivity (Wildman–Crippen MR) is 70.4 cm³/mol. The third kappa shape index (κ3) is 3.20. The summed E-state index contributed by atoms with van der Waals surface area (Å²) in [5, 5.41) is 3.68. The number of hydrogen-bond acceptors (Lipinski definition) is 3. The number of likely N-dealkylation sites (tertiary alicyclic amines) is 1. The zero-order valence-corrected chi connectivity index (χ0v) is 10.9. The molecule has 3 nitrogen and oxygen atoms in total. The molecule has 0 radical (unpaired) electrons. The Morgan fingerprint density at radius 3 is 2.59 bits per heavy atom. The smallest absolute Gasteiger partial charge is 0.118 e. The number of nitrogens with zero attached hydrogens (tertiary/aromatic N) is 1. The molecule has 1 fully saturated rings. The third-order valence-corrected chi connectivity index (χ3v) is 3.49. The lowest BCUT2D eigenvalue weighted by atomic mass is 10.1. The third-order valence-electron chi connectivity index (χ3n) is 3.49. The molecule has 1 aliphatic heterocycles. The molecule has 0 amide bonds. The molecule has 1 aromatic rings. The standard InChI is InChI=1S/C14H22N2O/c1-11(15-13-8-9-16(2)10-13)12-4-6-14(17-3)7-5-12/h4-7,11,13,15H,8-10H2,1-3H3/t11-,13?/m0/s1. The van der Waals surface area contributed by atoms with Gasteiger partial charge in [0.2, 0.25) is 0 Å². The molecule has 0 aliphatic carbocycles. The summed E-state index contributed by atoms with van der Waals surface area (Å²) in [6, 6.07) is 9.34. The molecule has 1 unspecified atom stereocenters. The summed E-state index contributed by atoms with van der Waals surface area (Å²) in [6.07, 6.45) is 1.25. The first-order chi connectivity index (χ1) is 8.19. The van der Waals surface area contributed by atoms with Gasteiger partial charge in [0, 0.05) is 18.6 Å². The van der Waals surface area contributed by atoms with E-state index in [4.69, 9.17) is 4.74 Å². The molecule has 1 heterocycles. The van der Waals surface area contributed by atoms with Gasteiger partial charge in [-0.25, -0.2) is 0 Å². The maximum absolute atomic E-state index is 5.17. The van der Waals surface area contributed by atoms with Gasteiger partial charge in [-0.3, -0.25) is 0 Å². The van der Waals surface area contributed by atoms with Crippen molar-refractivity contribution in [3.63, 3.8) is 0 Å². The fourth-order valence-corrected chi connectivity index (χ4v) is 2.41. The normalized spacial score (nSPS) is 22.6. The van der Waals surface area contributed by atoms with E-state index >= 15 is 0 Å². The van der Waals surface area contributed by atoms with E-state index in [9.17, 15) is 0 Å². The Kier molecular flexibility index (Phi) is 4.02. The average Bonchev–Trinajstić information content (AvgIpc) is 2.75. The van der Waals surface area contributed by atoms with Gasteiger partial charge in [-0.15, -0.1) is 0 Å². The van der Waals surface area contributed by atoms with Crippen molar-refractivity contribution in [2.24, 2.45) is 0 Å². The van der Waals surface area contributed by atoms with Crippen molar-refractivity contribution in [1.29, 1.82) is 0 Å². The lowest BCUT2D eigenvalue weighted by Crippen LogP contribution is -2.33. The second-order valence-electron chi connectivity index (χ2n) is 4.91. The summed E-state index contributed by atoms with van der Waals surface area (Å²) < 4.78 is 5.17. The highest BCUT2D eigenvalue weighted by atomic mass is 16.5. The summed E-state index contributed by atoms with van der Waals surface area (Å²) in [5.74, 6) is 0.918. The van der Waals surface area contributed by atoms with Crippen LogP contribution in [-0.4, -0.2) is 38.2 Å². The van der Waals surface area contributed by atoms with Gasteiger partial charge >= 0.3 is 0 Å². The number of methoxy groups -OCH3 is 1. The van der Waals surface area contributed by atoms with Crippen LogP contribution in [0.5, 0.6) is 5.75 Å². The summed E-state index contributed by atoms with van der Waals surface area (Å²) in [5.41, 5.74) is 1.32. The maximum atomic E-state index is 5.17. The molecular weight excluding hydrogens is 212 g/mol. The Balaban J connectivity index is 1.92. The average molecular weight is 234 g/mol. The number of ether oxygens (including phenoxy) is 1. The van der Waals surface area contributed by atoms with E-state index in [1.54, 1.807) is 7.11 Å². The summed E-state index contributed by atoms with van der Waals surface area (Å²) >= 11 is 0. The molecule has 2 rings (SSSR count). The first kappa shape index (κ1) is 12.4. The Hall–Kier alpha value is -1.06. The van der Waals surface area contributed by atoms with Crippen LogP contribution in [0.2, 0.25) is 0 Å². The zero-order chi connectivity index (χ0) is 12.3. The van der Waals surface area contributed by atoms with Crippen LogP contribution < -0.4 is 10.1 Å². The lowest BCUT2D eigenvalue weighted by Gasteiger charge is -2.20. The van der Waals surface area contributed by atoms with Crippen molar-refractivity contribution in [1.82, 2.24) is 10.2 Å². The zero-order valence-electron chi connectivity index (χ0n) is 10.9. The van der Waals surface area contributed by atoms with Crippen LogP contribution in [0.15, 0.2) is 24.3 Å². The number of hydrogen-bond donors (Lipinski definition) is 1. The van der Waals surface area contributed by atoms with Gasteiger partial charge in [-0.05, 0) is 44.6 Å². The molecule has 1 aliphatic rings. The summed E-state index contributed by atoms with van der Waals surface area (Å²) in [4.78, 5) is 2.37. The molecule has 1 saturated heterocycles. The van der Waals surface area contributed by atoms with E-state index in [0.717, 1.165) is 12.3 Å². The first-order valence-corrected chi connectivity index (χ1v) is 6.27. The van der Waals surface area contributed by atoms with Gasteiger partial charge in [0.05, 0.1) is 7.11 Å². The molecule has 94 valence electrons. The van der Waals surface area contributed by atoms with Crippen LogP contribution in [-0.2, 0) is 0 Å². The summed E-state index contributed by atoms with van der Waals surface area (Å²) in [7, 11) is 3.88. The highest BCUT2D eigenvalue weighted by Gasteiger charge is 2.20. The van der Waals surface area contributed by atoms with E-state index in [0.29, 0.717) is 12.1 Å². The number of likely N-dealkylation sites (N-methyl/N-ethyl adjacent to an activating group) is 1. The van der Waals surface area contributed by atoms with Crippen LogP contribution in [0.3, 0.4) is 0 Å². The van der Waals surface area contributed by atoms with Crippen molar-refractivity contribution < 1.29 is 4.74 Å². The fraction of sp³-hybridized carbons (Fsp3) is 0.571. The Morgan fingerprint density at radius 2 is 2.06 bits per heavy atom. The molecule has 0 bridgehead atoms. The molecule has 0 saturated carbocycles. The number of benzene rings is 1. The highest BCUT2D eigenvalue weighted by molar-refractivity contribution is 5.28. The van der Waals surface area contributed by atoms with Crippen LogP contribution in [0.25, 0.3) is 0 Å². The maximum Gasteiger partial charge on any atom is 0.118 e. The van der Waals surface area contributed by atoms with E-state index in [-0.39, 0.29) is 0 Å². The monoisotopic (exact) mass is 234 g/mol. The minimum atomic E-state index is 0.400. The largest absolute Gasteiger partial charge is 0.497 e. The second kappa shape index (κ2) is 5.52. The lowest BCUT2D eigenvalue weighted by molar-refractivity contribution is 0.387. The van der Waals surface area contributed by atoms with Gasteiger partial charge in [-0.2, -0.15) is 0 Å². The Morgan fingerprint density at radius 1 is 1.35 bits per heavy atom. The van der Waals surface area contributed by atoms with Gasteiger partial charge < -0.3 is 15.0 Å². The quantitative estimate of drug-likeness (QED) is 0.863. The van der Waals surface area contributed by atoms with Crippen LogP contribution in [0, 0.1) is 0 Å². The minimum absolute atomic E-state index is 0.400. The van der Waals surface area contributed by atoms with Crippen molar-refractivity contribution in [2.75, 3.05) is 27.2 Å². The van der Waals surface area contributed by atoms with Gasteiger partial charge in [0.15, 0.2) is 0 Å². The second-order valence-corrected chi connectivity index (χ2v) is 4.91. The Bertz CT molecular complexity index is 350. The molecule has 2 atom stereocenters. The van der Waals surface area contributed by atoms with Crippen molar-refractivity contribution in [3.8, 4) is 5.75 Å². The van der Waals surface area contributed by atoms with Crippen molar-refractivity contribution in [3.05, 3.63) is 29.8 Å². The van der Waals surface area contributed by atoms with E-state index in [2.05, 4.69) is 36.3 Å². The molecule has 1 aromatic carbocycles. The van der Waals surface area contributed by atoms with Crippen LogP contribution in [0.4, 0.5) is 0 Å². The van der Waals surface area contributed by atoms with Gasteiger partial charge in [0.25, 0.3) is 0 Å². The topological polar surface area (TPSA) is 24.5 Å². The molecule has 0 aromatic heterocycles. The van der Waals surface area contributed by atoms with Crippen molar-refractivity contribution in [2.45, 2.75) is 25.4 Å². The Labute approximate surface area is 104 Å². The molecule has 17 heavy (non-hydrogen) atoms. The molecule has 0 spiro atoms. The van der Waals surface area contributed by atoms with Crippen LogP contribution in [0.1, 0.15) is 24.9 Å². The van der Waals surface area contributed by atoms with Gasteiger partial charge in [-0.1, -0.05) is 12.1 Å². The van der Waals surface area contributed by atoms with E-state index in [1.807, 2.05) is 12.1 Å². The number of nitrogens with one attached hydrogen (secondary N) is 1. The van der Waals surface area contributed by atoms with E-state index in [1.165, 1.54) is 18.5 Å². The highest BCUT2D eigenvalue weighted by Crippen LogP contribution is 2.19. The first-order valence-electron chi connectivity index (χ1n) is 6.27. The summed E-state index contributed by atoms with van der Waals surface area (Å²) in [6.45, 7) is 4.58. The van der Waals surface area contributed by atoms with Crippen molar-refractivity contribution >= 4 is 0 Å². The SMILES string of the molecule is COc1ccc([C@H](C)NC2CCN(C)C2)cc1. The van der Waals surface area contributed by atoms with Crippen LogP contribution >= 0.6 is 0 Å².